The van der Waals surface area contributed by atoms with Gasteiger partial charge in [0, 0.05) is 29.2 Å². The fourth-order valence-corrected chi connectivity index (χ4v) is 6.61. The number of amides is 1. The summed E-state index contributed by atoms with van der Waals surface area (Å²) in [6, 6.07) is 15.6. The van der Waals surface area contributed by atoms with Crippen molar-refractivity contribution < 1.29 is 19.0 Å². The molecule has 0 bridgehead atoms. The Hall–Kier alpha value is -3.95. The normalized spacial score (nSPS) is 20.1. The van der Waals surface area contributed by atoms with Gasteiger partial charge in [0.2, 0.25) is 5.43 Å². The van der Waals surface area contributed by atoms with Crippen molar-refractivity contribution in [3.05, 3.63) is 99.0 Å². The number of hydrogen-bond donors (Lipinski definition) is 1. The van der Waals surface area contributed by atoms with Crippen LogP contribution < -0.4 is 10.4 Å². The van der Waals surface area contributed by atoms with Crippen LogP contribution in [-0.2, 0) is 4.74 Å². The number of hydrogen-bond acceptors (Lipinski definition) is 6. The minimum absolute atomic E-state index is 0.0826. The van der Waals surface area contributed by atoms with Crippen molar-refractivity contribution in [1.82, 2.24) is 9.58 Å². The van der Waals surface area contributed by atoms with Crippen molar-refractivity contribution in [2.75, 3.05) is 24.8 Å². The molecule has 0 spiro atoms. The summed E-state index contributed by atoms with van der Waals surface area (Å²) < 4.78 is 22.0. The molecule has 36 heavy (non-hydrogen) atoms. The molecular formula is C27H20FN3O4S. The zero-order chi connectivity index (χ0) is 24.6. The Morgan fingerprint density at radius 1 is 1.00 bits per heavy atom. The Morgan fingerprint density at radius 2 is 1.83 bits per heavy atom. The van der Waals surface area contributed by atoms with E-state index < -0.39 is 29.3 Å². The maximum atomic E-state index is 14.6. The number of carbonyl (C=O) groups is 1. The first kappa shape index (κ1) is 21.3. The molecule has 1 aliphatic carbocycles. The number of nitrogens with zero attached hydrogens (tertiary/aromatic N) is 3. The summed E-state index contributed by atoms with van der Waals surface area (Å²) in [4.78, 5) is 28.5. The predicted octanol–water partition coefficient (Wildman–Crippen LogP) is 3.94. The van der Waals surface area contributed by atoms with Gasteiger partial charge in [-0.1, -0.05) is 30.3 Å². The van der Waals surface area contributed by atoms with E-state index in [-0.39, 0.29) is 18.1 Å². The van der Waals surface area contributed by atoms with Crippen LogP contribution in [0, 0.1) is 5.82 Å². The highest BCUT2D eigenvalue weighted by Crippen LogP contribution is 2.50. The number of aromatic hydroxyl groups is 1. The highest BCUT2D eigenvalue weighted by Gasteiger charge is 2.46. The Balaban J connectivity index is 1.57. The van der Waals surface area contributed by atoms with E-state index >= 15 is 0 Å². The van der Waals surface area contributed by atoms with E-state index in [9.17, 15) is 19.1 Å². The van der Waals surface area contributed by atoms with Gasteiger partial charge in [0.05, 0.1) is 19.3 Å². The first-order valence-electron chi connectivity index (χ1n) is 11.6. The second kappa shape index (κ2) is 7.78. The largest absolute Gasteiger partial charge is 0.502 e. The number of aromatic nitrogens is 1. The number of fused-ring (bicyclic) bond motifs is 7. The minimum Gasteiger partial charge on any atom is -0.502 e. The van der Waals surface area contributed by atoms with Crippen LogP contribution in [0.4, 0.5) is 4.39 Å². The number of halogens is 1. The van der Waals surface area contributed by atoms with Gasteiger partial charge in [-0.15, -0.1) is 11.3 Å². The number of rotatable bonds is 1. The van der Waals surface area contributed by atoms with Crippen LogP contribution in [0.1, 0.15) is 27.7 Å². The van der Waals surface area contributed by atoms with E-state index in [1.807, 2.05) is 40.7 Å². The van der Waals surface area contributed by atoms with Crippen molar-refractivity contribution in [3.8, 4) is 27.3 Å². The average molecular weight is 502 g/mol. The highest BCUT2D eigenvalue weighted by atomic mass is 32.1. The van der Waals surface area contributed by atoms with Crippen molar-refractivity contribution in [2.45, 2.75) is 12.2 Å². The zero-order valence-corrected chi connectivity index (χ0v) is 19.7. The van der Waals surface area contributed by atoms with E-state index in [1.165, 1.54) is 18.3 Å². The van der Waals surface area contributed by atoms with Crippen molar-refractivity contribution in [1.29, 1.82) is 0 Å². The second-order valence-electron chi connectivity index (χ2n) is 9.04. The van der Waals surface area contributed by atoms with E-state index in [2.05, 4.69) is 0 Å². The van der Waals surface area contributed by atoms with Gasteiger partial charge in [-0.3, -0.25) is 19.3 Å². The number of thiophene rings is 1. The van der Waals surface area contributed by atoms with Crippen LogP contribution in [0.5, 0.6) is 5.75 Å². The Kier molecular flexibility index (Phi) is 4.61. The smallest absolute Gasteiger partial charge is 0.278 e. The number of pyridine rings is 1. The van der Waals surface area contributed by atoms with Crippen LogP contribution in [0.2, 0.25) is 0 Å². The van der Waals surface area contributed by atoms with Crippen LogP contribution in [0.25, 0.3) is 21.6 Å². The second-order valence-corrected chi connectivity index (χ2v) is 9.96. The fraction of sp³-hybridized carbons (Fsp3) is 0.185. The molecule has 0 radical (unpaired) electrons. The lowest BCUT2D eigenvalue weighted by molar-refractivity contribution is -0.0196. The summed E-state index contributed by atoms with van der Waals surface area (Å²) >= 11 is 1.59. The molecule has 9 heteroatoms. The number of benzene rings is 2. The predicted molar refractivity (Wildman–Crippen MR) is 133 cm³/mol. The lowest BCUT2D eigenvalue weighted by Gasteiger charge is -2.51. The van der Waals surface area contributed by atoms with Gasteiger partial charge in [-0.05, 0) is 45.8 Å². The van der Waals surface area contributed by atoms with Gasteiger partial charge in [0.1, 0.15) is 12.0 Å². The first-order valence-corrected chi connectivity index (χ1v) is 12.5. The lowest BCUT2D eigenvalue weighted by atomic mass is 9.92. The average Bonchev–Trinajstić information content (AvgIpc) is 3.35. The molecule has 3 aliphatic rings. The molecule has 1 fully saturated rings. The van der Waals surface area contributed by atoms with E-state index in [0.717, 1.165) is 32.7 Å². The third-order valence-corrected chi connectivity index (χ3v) is 8.15. The Bertz CT molecular complexity index is 1610. The lowest BCUT2D eigenvalue weighted by Crippen LogP contribution is -2.66. The topological polar surface area (TPSA) is 75.0 Å². The molecule has 2 aromatic carbocycles. The number of carbonyl (C=O) groups excluding carboxylic acids is 1. The van der Waals surface area contributed by atoms with E-state index in [4.69, 9.17) is 4.74 Å². The third-order valence-electron chi connectivity index (χ3n) is 7.20. The zero-order valence-electron chi connectivity index (χ0n) is 18.9. The third kappa shape index (κ3) is 2.87. The Labute approximate surface area is 209 Å². The molecule has 1 amide bonds. The van der Waals surface area contributed by atoms with Crippen LogP contribution >= 0.6 is 11.3 Å². The van der Waals surface area contributed by atoms with Gasteiger partial charge in [-0.2, -0.15) is 0 Å². The van der Waals surface area contributed by atoms with Gasteiger partial charge >= 0.3 is 0 Å². The molecule has 1 unspecified atom stereocenters. The number of ether oxygens (including phenoxy) is 1. The molecule has 7 nitrogen and oxygen atoms in total. The fourth-order valence-electron chi connectivity index (χ4n) is 5.66. The van der Waals surface area contributed by atoms with Gasteiger partial charge in [0.15, 0.2) is 11.4 Å². The molecule has 1 N–H and O–H groups in total. The molecule has 4 heterocycles. The summed E-state index contributed by atoms with van der Waals surface area (Å²) in [5.74, 6) is -1.35. The van der Waals surface area contributed by atoms with Gasteiger partial charge in [0.25, 0.3) is 5.91 Å². The van der Waals surface area contributed by atoms with Crippen LogP contribution in [0.15, 0.2) is 71.0 Å². The summed E-state index contributed by atoms with van der Waals surface area (Å²) in [6.07, 6.45) is 1.01. The molecule has 7 rings (SSSR count). The molecule has 2 aliphatic heterocycles. The Morgan fingerprint density at radius 3 is 2.72 bits per heavy atom. The maximum Gasteiger partial charge on any atom is 0.278 e. The molecule has 180 valence electrons. The maximum absolute atomic E-state index is 14.6. The molecule has 1 saturated heterocycles. The molecule has 4 aromatic rings. The molecule has 2 atom stereocenters. The van der Waals surface area contributed by atoms with Crippen molar-refractivity contribution >= 4 is 17.2 Å². The number of morpholine rings is 1. The summed E-state index contributed by atoms with van der Waals surface area (Å²) in [5, 5.41) is 14.7. The highest BCUT2D eigenvalue weighted by molar-refractivity contribution is 7.14. The van der Waals surface area contributed by atoms with E-state index in [1.54, 1.807) is 33.0 Å². The quantitative estimate of drug-likeness (QED) is 0.428. The summed E-state index contributed by atoms with van der Waals surface area (Å²) in [5.41, 5.74) is 3.83. The summed E-state index contributed by atoms with van der Waals surface area (Å²) in [6.45, 7) is 0.920. The summed E-state index contributed by atoms with van der Waals surface area (Å²) in [7, 11) is 0. The standard InChI is InChI=1S/C27H20FN3O4S/c28-15-5-6-17-20(13-15)19-8-12-36-26(19)18-4-2-1-3-16(18)23(17)31-22-14-35-11-10-29(22)27(34)24-25(33)21(32)7-9-30(24)31/h1-9,12-13,22-23,33H,10-11,14H2/t22?,23-/m1/s1. The van der Waals surface area contributed by atoms with Crippen LogP contribution in [0.3, 0.4) is 0 Å². The van der Waals surface area contributed by atoms with E-state index in [0.29, 0.717) is 13.2 Å². The molecule has 0 saturated carbocycles. The first-order chi connectivity index (χ1) is 17.5. The molecular weight excluding hydrogens is 481 g/mol. The van der Waals surface area contributed by atoms with Gasteiger partial charge in [-0.25, -0.2) is 4.39 Å². The minimum atomic E-state index is -0.618. The van der Waals surface area contributed by atoms with Gasteiger partial charge < -0.3 is 14.7 Å². The van der Waals surface area contributed by atoms with Crippen molar-refractivity contribution in [2.24, 2.45) is 0 Å². The van der Waals surface area contributed by atoms with Crippen molar-refractivity contribution in [3.63, 3.8) is 0 Å². The van der Waals surface area contributed by atoms with Crippen LogP contribution in [-0.4, -0.2) is 46.5 Å². The molecule has 2 aromatic heterocycles. The monoisotopic (exact) mass is 501 g/mol. The SMILES string of the molecule is O=C1c2c(O)c(=O)ccn2N([C@H]2c3ccc(F)cc3-c3ccsc3-c3ccccc32)C2COCCN12.